The van der Waals surface area contributed by atoms with E-state index in [4.69, 9.17) is 14.2 Å². The second-order valence-corrected chi connectivity index (χ2v) is 4.91. The smallest absolute Gasteiger partial charge is 0.258 e. The Bertz CT molecular complexity index is 714. The van der Waals surface area contributed by atoms with E-state index in [-0.39, 0.29) is 12.5 Å². The van der Waals surface area contributed by atoms with Crippen molar-refractivity contribution < 1.29 is 23.8 Å². The van der Waals surface area contributed by atoms with Gasteiger partial charge < -0.3 is 19.5 Å². The van der Waals surface area contributed by atoms with E-state index >= 15 is 0 Å². The first-order valence-electron chi connectivity index (χ1n) is 7.32. The number of benzene rings is 2. The molecule has 6 nitrogen and oxygen atoms in total. The molecule has 0 fully saturated rings. The highest BCUT2D eigenvalue weighted by molar-refractivity contribution is 5.78. The number of aldehydes is 1. The highest BCUT2D eigenvalue weighted by atomic mass is 16.5. The Balaban J connectivity index is 1.92. The Morgan fingerprint density at radius 2 is 1.79 bits per heavy atom. The third-order valence-electron chi connectivity index (χ3n) is 3.35. The number of carbonyl (C=O) groups excluding carboxylic acids is 2. The Kier molecular flexibility index (Phi) is 6.19. The lowest BCUT2D eigenvalue weighted by atomic mass is 10.2. The Labute approximate surface area is 140 Å². The van der Waals surface area contributed by atoms with Crippen molar-refractivity contribution in [1.29, 1.82) is 0 Å². The van der Waals surface area contributed by atoms with Gasteiger partial charge in [-0.15, -0.1) is 0 Å². The molecule has 2 aromatic carbocycles. The van der Waals surface area contributed by atoms with Crippen LogP contribution in [0.15, 0.2) is 42.5 Å². The van der Waals surface area contributed by atoms with Gasteiger partial charge in [0.05, 0.1) is 14.2 Å². The predicted octanol–water partition coefficient (Wildman–Crippen LogP) is 2.21. The molecule has 1 N–H and O–H groups in total. The molecule has 0 saturated carbocycles. The van der Waals surface area contributed by atoms with Crippen molar-refractivity contribution in [2.75, 3.05) is 20.8 Å². The summed E-state index contributed by atoms with van der Waals surface area (Å²) in [6.07, 6.45) is 0.702. The van der Waals surface area contributed by atoms with Crippen molar-refractivity contribution in [2.24, 2.45) is 0 Å². The molecule has 0 aliphatic carbocycles. The molecule has 6 heteroatoms. The summed E-state index contributed by atoms with van der Waals surface area (Å²) >= 11 is 0. The van der Waals surface area contributed by atoms with Gasteiger partial charge in [-0.25, -0.2) is 0 Å². The van der Waals surface area contributed by atoms with Gasteiger partial charge in [0.15, 0.2) is 18.1 Å². The van der Waals surface area contributed by atoms with Crippen LogP contribution in [0.2, 0.25) is 0 Å². The molecule has 0 spiro atoms. The summed E-state index contributed by atoms with van der Waals surface area (Å²) in [5, 5.41) is 2.76. The van der Waals surface area contributed by atoms with Crippen molar-refractivity contribution in [1.82, 2.24) is 5.32 Å². The zero-order valence-electron chi connectivity index (χ0n) is 13.6. The van der Waals surface area contributed by atoms with Gasteiger partial charge in [0.1, 0.15) is 12.0 Å². The number of nitrogens with one attached hydrogen (secondary N) is 1. The number of carbonyl (C=O) groups is 2. The fourth-order valence-corrected chi connectivity index (χ4v) is 2.12. The Morgan fingerprint density at radius 3 is 2.50 bits per heavy atom. The van der Waals surface area contributed by atoms with Crippen LogP contribution in [0.25, 0.3) is 0 Å². The molecule has 0 radical (unpaired) electrons. The van der Waals surface area contributed by atoms with Crippen LogP contribution in [-0.4, -0.2) is 33.0 Å². The summed E-state index contributed by atoms with van der Waals surface area (Å²) in [6.45, 7) is 0.144. The molecule has 1 amide bonds. The van der Waals surface area contributed by atoms with Crippen LogP contribution in [0, 0.1) is 0 Å². The number of hydrogen-bond donors (Lipinski definition) is 1. The number of methoxy groups -OCH3 is 2. The molecule has 126 valence electrons. The Hall–Kier alpha value is -3.02. The normalized spacial score (nSPS) is 9.92. The SMILES string of the molecule is COc1ccccc1CNC(=O)COc1cc(C=O)ccc1OC. The summed E-state index contributed by atoms with van der Waals surface area (Å²) in [5.74, 6) is 1.21. The number of hydrogen-bond acceptors (Lipinski definition) is 5. The van der Waals surface area contributed by atoms with Crippen molar-refractivity contribution in [3.8, 4) is 17.2 Å². The summed E-state index contributed by atoms with van der Waals surface area (Å²) < 4.78 is 15.8. The Morgan fingerprint density at radius 1 is 1.04 bits per heavy atom. The molecule has 2 aromatic rings. The van der Waals surface area contributed by atoms with Crippen LogP contribution < -0.4 is 19.5 Å². The third-order valence-corrected chi connectivity index (χ3v) is 3.35. The molecule has 0 aliphatic heterocycles. The van der Waals surface area contributed by atoms with Crippen molar-refractivity contribution in [3.05, 3.63) is 53.6 Å². The molecule has 2 rings (SSSR count). The van der Waals surface area contributed by atoms with Crippen LogP contribution >= 0.6 is 0 Å². The maximum atomic E-state index is 12.0. The van der Waals surface area contributed by atoms with E-state index in [0.29, 0.717) is 35.6 Å². The minimum absolute atomic E-state index is 0.187. The van der Waals surface area contributed by atoms with Gasteiger partial charge in [0.25, 0.3) is 5.91 Å². The van der Waals surface area contributed by atoms with Crippen LogP contribution in [0.3, 0.4) is 0 Å². The number of amides is 1. The molecule has 0 unspecified atom stereocenters. The van der Waals surface area contributed by atoms with Crippen LogP contribution in [0.4, 0.5) is 0 Å². The average molecular weight is 329 g/mol. The van der Waals surface area contributed by atoms with Gasteiger partial charge in [0.2, 0.25) is 0 Å². The van der Waals surface area contributed by atoms with E-state index in [1.165, 1.54) is 13.2 Å². The molecular weight excluding hydrogens is 310 g/mol. The zero-order valence-corrected chi connectivity index (χ0v) is 13.6. The minimum Gasteiger partial charge on any atom is -0.496 e. The second-order valence-electron chi connectivity index (χ2n) is 4.91. The molecular formula is C18H19NO5. The monoisotopic (exact) mass is 329 g/mol. The lowest BCUT2D eigenvalue weighted by Crippen LogP contribution is -2.28. The average Bonchev–Trinajstić information content (AvgIpc) is 2.64. The van der Waals surface area contributed by atoms with Crippen LogP contribution in [0.1, 0.15) is 15.9 Å². The molecule has 0 aromatic heterocycles. The summed E-state index contributed by atoms with van der Waals surface area (Å²) in [5.41, 5.74) is 1.31. The van der Waals surface area contributed by atoms with Crippen LogP contribution in [0.5, 0.6) is 17.2 Å². The number of para-hydroxylation sites is 1. The lowest BCUT2D eigenvalue weighted by Gasteiger charge is -2.12. The number of rotatable bonds is 8. The standard InChI is InChI=1S/C18H19NO5/c1-22-15-6-4-3-5-14(15)10-19-18(21)12-24-17-9-13(11-20)7-8-16(17)23-2/h3-9,11H,10,12H2,1-2H3,(H,19,21). The fourth-order valence-electron chi connectivity index (χ4n) is 2.12. The first kappa shape index (κ1) is 17.3. The molecule has 0 heterocycles. The summed E-state index contributed by atoms with van der Waals surface area (Å²) in [6, 6.07) is 12.2. The third kappa shape index (κ3) is 4.49. The fraction of sp³-hybridized carbons (Fsp3) is 0.222. The lowest BCUT2D eigenvalue weighted by molar-refractivity contribution is -0.123. The van der Waals surface area contributed by atoms with Crippen molar-refractivity contribution in [2.45, 2.75) is 6.54 Å². The predicted molar refractivity (Wildman–Crippen MR) is 88.7 cm³/mol. The second kappa shape index (κ2) is 8.57. The van der Waals surface area contributed by atoms with Gasteiger partial charge in [-0.1, -0.05) is 18.2 Å². The van der Waals surface area contributed by atoms with Crippen molar-refractivity contribution in [3.63, 3.8) is 0 Å². The van der Waals surface area contributed by atoms with Gasteiger partial charge in [-0.3, -0.25) is 9.59 Å². The van der Waals surface area contributed by atoms with Crippen LogP contribution in [-0.2, 0) is 11.3 Å². The van der Waals surface area contributed by atoms with Crippen molar-refractivity contribution >= 4 is 12.2 Å². The zero-order chi connectivity index (χ0) is 17.4. The van der Waals surface area contributed by atoms with E-state index in [1.807, 2.05) is 24.3 Å². The minimum atomic E-state index is -0.292. The molecule has 0 atom stereocenters. The van der Waals surface area contributed by atoms with E-state index in [0.717, 1.165) is 5.56 Å². The summed E-state index contributed by atoms with van der Waals surface area (Å²) in [4.78, 5) is 22.8. The first-order valence-corrected chi connectivity index (χ1v) is 7.32. The number of ether oxygens (including phenoxy) is 3. The summed E-state index contributed by atoms with van der Waals surface area (Å²) in [7, 11) is 3.07. The highest BCUT2D eigenvalue weighted by Crippen LogP contribution is 2.27. The maximum Gasteiger partial charge on any atom is 0.258 e. The topological polar surface area (TPSA) is 73.9 Å². The van der Waals surface area contributed by atoms with E-state index in [9.17, 15) is 9.59 Å². The van der Waals surface area contributed by atoms with Gasteiger partial charge in [0, 0.05) is 17.7 Å². The first-order chi connectivity index (χ1) is 11.7. The van der Waals surface area contributed by atoms with E-state index in [2.05, 4.69) is 5.32 Å². The molecule has 0 aliphatic rings. The quantitative estimate of drug-likeness (QED) is 0.752. The van der Waals surface area contributed by atoms with E-state index < -0.39 is 0 Å². The highest BCUT2D eigenvalue weighted by Gasteiger charge is 2.09. The molecule has 24 heavy (non-hydrogen) atoms. The van der Waals surface area contributed by atoms with Gasteiger partial charge >= 0.3 is 0 Å². The molecule has 0 bridgehead atoms. The van der Waals surface area contributed by atoms with Gasteiger partial charge in [-0.05, 0) is 24.3 Å². The van der Waals surface area contributed by atoms with Gasteiger partial charge in [-0.2, -0.15) is 0 Å². The maximum absolute atomic E-state index is 12.0. The van der Waals surface area contributed by atoms with E-state index in [1.54, 1.807) is 19.2 Å². The molecule has 0 saturated heterocycles. The largest absolute Gasteiger partial charge is 0.496 e.